The van der Waals surface area contributed by atoms with Crippen molar-refractivity contribution in [3.63, 3.8) is 0 Å². The molecule has 2 rings (SSSR count). The molecule has 0 atom stereocenters. The Bertz CT molecular complexity index is 788. The first kappa shape index (κ1) is 20.1. The summed E-state index contributed by atoms with van der Waals surface area (Å²) >= 11 is 0. The van der Waals surface area contributed by atoms with Gasteiger partial charge in [0.2, 0.25) is 0 Å². The molecule has 0 radical (unpaired) electrons. The number of amides is 1. The fraction of sp³-hybridized carbons (Fsp3) is 0.300. The van der Waals surface area contributed by atoms with E-state index in [1.165, 1.54) is 24.3 Å². The van der Waals surface area contributed by atoms with Crippen molar-refractivity contribution in [1.29, 1.82) is 0 Å². The Kier molecular flexibility index (Phi) is 7.05. The Labute approximate surface area is 158 Å². The zero-order valence-corrected chi connectivity index (χ0v) is 15.6. The summed E-state index contributed by atoms with van der Waals surface area (Å²) in [5.41, 5.74) is 1.14. The van der Waals surface area contributed by atoms with E-state index in [1.54, 1.807) is 31.3 Å². The van der Waals surface area contributed by atoms with Gasteiger partial charge < -0.3 is 24.2 Å². The predicted octanol–water partition coefficient (Wildman–Crippen LogP) is 2.61. The summed E-state index contributed by atoms with van der Waals surface area (Å²) in [6, 6.07) is 11.1. The van der Waals surface area contributed by atoms with Gasteiger partial charge in [-0.1, -0.05) is 6.07 Å². The molecule has 0 bridgehead atoms. The van der Waals surface area contributed by atoms with Gasteiger partial charge >= 0.3 is 5.97 Å². The van der Waals surface area contributed by atoms with E-state index in [0.717, 1.165) is 5.56 Å². The summed E-state index contributed by atoms with van der Waals surface area (Å²) in [6.07, 6.45) is 0. The molecule has 144 valence electrons. The van der Waals surface area contributed by atoms with Crippen molar-refractivity contribution in [2.75, 3.05) is 27.4 Å². The van der Waals surface area contributed by atoms with Crippen molar-refractivity contribution < 1.29 is 28.9 Å². The number of ether oxygens (including phenoxy) is 3. The monoisotopic (exact) mass is 373 g/mol. The Morgan fingerprint density at radius 3 is 2.26 bits per heavy atom. The van der Waals surface area contributed by atoms with E-state index in [9.17, 15) is 14.7 Å². The Morgan fingerprint density at radius 1 is 1.00 bits per heavy atom. The summed E-state index contributed by atoms with van der Waals surface area (Å²) < 4.78 is 15.6. The number of hydrogen-bond donors (Lipinski definition) is 1. The molecule has 2 aromatic carbocycles. The maximum Gasteiger partial charge on any atom is 0.338 e. The number of aromatic hydroxyl groups is 1. The number of likely N-dealkylation sites (N-methyl/N-ethyl adjacent to an activating group) is 1. The van der Waals surface area contributed by atoms with Crippen LogP contribution in [0.5, 0.6) is 17.2 Å². The molecule has 2 aromatic rings. The maximum absolute atomic E-state index is 12.4. The first-order valence-electron chi connectivity index (χ1n) is 8.43. The maximum atomic E-state index is 12.4. The number of hydrogen-bond acceptors (Lipinski definition) is 6. The molecule has 0 aliphatic carbocycles. The van der Waals surface area contributed by atoms with Gasteiger partial charge in [-0.25, -0.2) is 4.79 Å². The van der Waals surface area contributed by atoms with Gasteiger partial charge in [-0.15, -0.1) is 0 Å². The van der Waals surface area contributed by atoms with Crippen LogP contribution in [0.25, 0.3) is 0 Å². The molecule has 0 aromatic heterocycles. The van der Waals surface area contributed by atoms with Gasteiger partial charge in [0.15, 0.2) is 18.1 Å². The van der Waals surface area contributed by atoms with Crippen molar-refractivity contribution in [3.8, 4) is 17.2 Å². The van der Waals surface area contributed by atoms with Crippen molar-refractivity contribution in [2.45, 2.75) is 13.5 Å². The highest BCUT2D eigenvalue weighted by atomic mass is 16.5. The summed E-state index contributed by atoms with van der Waals surface area (Å²) in [5.74, 6) is 0.315. The SMILES string of the molecule is CCN(Cc1ccc(OC)c(OC)c1)C(=O)COC(=O)c1ccc(O)cc1. The van der Waals surface area contributed by atoms with Crippen LogP contribution >= 0.6 is 0 Å². The highest BCUT2D eigenvalue weighted by molar-refractivity contribution is 5.91. The van der Waals surface area contributed by atoms with E-state index >= 15 is 0 Å². The third kappa shape index (κ3) is 5.37. The molecule has 7 nitrogen and oxygen atoms in total. The molecule has 1 amide bonds. The topological polar surface area (TPSA) is 85.3 Å². The van der Waals surface area contributed by atoms with Crippen molar-refractivity contribution in [2.24, 2.45) is 0 Å². The third-order valence-corrected chi connectivity index (χ3v) is 3.99. The average molecular weight is 373 g/mol. The molecule has 1 N–H and O–H groups in total. The highest BCUT2D eigenvalue weighted by Gasteiger charge is 2.16. The number of phenolic OH excluding ortho intramolecular Hbond substituents is 1. The fourth-order valence-electron chi connectivity index (χ4n) is 2.48. The summed E-state index contributed by atoms with van der Waals surface area (Å²) in [7, 11) is 3.11. The second-order valence-electron chi connectivity index (χ2n) is 5.72. The zero-order valence-electron chi connectivity index (χ0n) is 15.6. The number of methoxy groups -OCH3 is 2. The molecule has 0 fully saturated rings. The molecule has 0 saturated carbocycles. The highest BCUT2D eigenvalue weighted by Crippen LogP contribution is 2.28. The fourth-order valence-corrected chi connectivity index (χ4v) is 2.48. The largest absolute Gasteiger partial charge is 0.508 e. The van der Waals surface area contributed by atoms with Crippen LogP contribution in [0.4, 0.5) is 0 Å². The number of rotatable bonds is 8. The molecule has 0 spiro atoms. The lowest BCUT2D eigenvalue weighted by Gasteiger charge is -2.21. The van der Waals surface area contributed by atoms with Gasteiger partial charge in [-0.2, -0.15) is 0 Å². The van der Waals surface area contributed by atoms with Crippen LogP contribution in [0.1, 0.15) is 22.8 Å². The molecular formula is C20H23NO6. The summed E-state index contributed by atoms with van der Waals surface area (Å²) in [5, 5.41) is 9.24. The van der Waals surface area contributed by atoms with E-state index in [2.05, 4.69) is 0 Å². The van der Waals surface area contributed by atoms with Gasteiger partial charge in [0.1, 0.15) is 5.75 Å². The third-order valence-electron chi connectivity index (χ3n) is 3.99. The van der Waals surface area contributed by atoms with Crippen LogP contribution in [0.2, 0.25) is 0 Å². The van der Waals surface area contributed by atoms with Gasteiger partial charge in [0, 0.05) is 13.1 Å². The van der Waals surface area contributed by atoms with Crippen molar-refractivity contribution in [3.05, 3.63) is 53.6 Å². The number of esters is 1. The van der Waals surface area contributed by atoms with Crippen LogP contribution in [-0.4, -0.2) is 49.3 Å². The van der Waals surface area contributed by atoms with Gasteiger partial charge in [0.05, 0.1) is 19.8 Å². The summed E-state index contributed by atoms with van der Waals surface area (Å²) in [6.45, 7) is 2.30. The zero-order chi connectivity index (χ0) is 19.8. The van der Waals surface area contributed by atoms with Gasteiger partial charge in [0.25, 0.3) is 5.91 Å². The quantitative estimate of drug-likeness (QED) is 0.716. The van der Waals surface area contributed by atoms with E-state index in [0.29, 0.717) is 24.6 Å². The second kappa shape index (κ2) is 9.47. The number of carbonyl (C=O) groups is 2. The number of phenols is 1. The van der Waals surface area contributed by atoms with Gasteiger partial charge in [-0.05, 0) is 48.9 Å². The number of carbonyl (C=O) groups excluding carboxylic acids is 2. The Hall–Kier alpha value is -3.22. The van der Waals surface area contributed by atoms with Crippen LogP contribution in [0.3, 0.4) is 0 Å². The van der Waals surface area contributed by atoms with E-state index in [1.807, 2.05) is 13.0 Å². The molecule has 0 saturated heterocycles. The van der Waals surface area contributed by atoms with Crippen LogP contribution in [-0.2, 0) is 16.1 Å². The van der Waals surface area contributed by atoms with E-state index < -0.39 is 5.97 Å². The minimum absolute atomic E-state index is 0.0507. The molecule has 27 heavy (non-hydrogen) atoms. The van der Waals surface area contributed by atoms with Crippen LogP contribution < -0.4 is 9.47 Å². The molecule has 7 heteroatoms. The van der Waals surface area contributed by atoms with Gasteiger partial charge in [-0.3, -0.25) is 4.79 Å². The van der Waals surface area contributed by atoms with E-state index in [-0.39, 0.29) is 23.8 Å². The predicted molar refractivity (Wildman–Crippen MR) is 99.0 cm³/mol. The van der Waals surface area contributed by atoms with Crippen LogP contribution in [0.15, 0.2) is 42.5 Å². The lowest BCUT2D eigenvalue weighted by Crippen LogP contribution is -2.34. The minimum Gasteiger partial charge on any atom is -0.508 e. The first-order chi connectivity index (χ1) is 13.0. The molecule has 0 unspecified atom stereocenters. The lowest BCUT2D eigenvalue weighted by molar-refractivity contribution is -0.134. The minimum atomic E-state index is -0.620. The second-order valence-corrected chi connectivity index (χ2v) is 5.72. The molecule has 0 aliphatic heterocycles. The Balaban J connectivity index is 1.97. The smallest absolute Gasteiger partial charge is 0.338 e. The average Bonchev–Trinajstić information content (AvgIpc) is 2.70. The first-order valence-corrected chi connectivity index (χ1v) is 8.43. The molecule has 0 heterocycles. The molecular weight excluding hydrogens is 350 g/mol. The number of benzene rings is 2. The molecule has 0 aliphatic rings. The Morgan fingerprint density at radius 2 is 1.67 bits per heavy atom. The number of nitrogens with zero attached hydrogens (tertiary/aromatic N) is 1. The summed E-state index contributed by atoms with van der Waals surface area (Å²) in [4.78, 5) is 26.0. The van der Waals surface area contributed by atoms with Crippen molar-refractivity contribution >= 4 is 11.9 Å². The lowest BCUT2D eigenvalue weighted by atomic mass is 10.2. The van der Waals surface area contributed by atoms with Crippen molar-refractivity contribution in [1.82, 2.24) is 4.90 Å². The standard InChI is InChI=1S/C20H23NO6/c1-4-21(12-14-5-10-17(25-2)18(11-14)26-3)19(23)13-27-20(24)15-6-8-16(22)9-7-15/h5-11,22H,4,12-13H2,1-3H3. The normalized spacial score (nSPS) is 10.2. The van der Waals surface area contributed by atoms with Crippen LogP contribution in [0, 0.1) is 0 Å². The van der Waals surface area contributed by atoms with E-state index in [4.69, 9.17) is 14.2 Å².